The molecule has 1 aromatic rings. The van der Waals surface area contributed by atoms with Gasteiger partial charge in [0.25, 0.3) is 0 Å². The maximum Gasteiger partial charge on any atom is 0.320 e. The molecule has 0 aromatic heterocycles. The molecule has 0 fully saturated rings. The highest BCUT2D eigenvalue weighted by Gasteiger charge is 2.16. The molecular weight excluding hydrogens is 245 g/mol. The molecule has 17 heavy (non-hydrogen) atoms. The standard InChI is InChI=1S/C12H15ClFNO2/c1-2-4-11(12(16)17)15-7-8-9(13)5-3-6-10(8)14/h3,5-6,11,15H,2,4,7H2,1H3,(H,16,17). The van der Waals surface area contributed by atoms with Gasteiger partial charge in [-0.25, -0.2) is 4.39 Å². The van der Waals surface area contributed by atoms with E-state index >= 15 is 0 Å². The van der Waals surface area contributed by atoms with E-state index in [4.69, 9.17) is 16.7 Å². The molecule has 0 amide bonds. The van der Waals surface area contributed by atoms with Gasteiger partial charge in [0, 0.05) is 17.1 Å². The summed E-state index contributed by atoms with van der Waals surface area (Å²) in [5.74, 6) is -1.36. The number of nitrogens with one attached hydrogen (secondary N) is 1. The minimum atomic E-state index is -0.931. The fraction of sp³-hybridized carbons (Fsp3) is 0.417. The molecule has 94 valence electrons. The van der Waals surface area contributed by atoms with Crippen molar-refractivity contribution < 1.29 is 14.3 Å². The lowest BCUT2D eigenvalue weighted by molar-refractivity contribution is -0.139. The maximum atomic E-state index is 13.4. The van der Waals surface area contributed by atoms with Crippen LogP contribution in [0.5, 0.6) is 0 Å². The van der Waals surface area contributed by atoms with E-state index in [0.717, 1.165) is 6.42 Å². The number of hydrogen-bond acceptors (Lipinski definition) is 2. The molecule has 0 saturated heterocycles. The average Bonchev–Trinajstić information content (AvgIpc) is 2.26. The second-order valence-corrected chi connectivity index (χ2v) is 4.17. The molecule has 0 aliphatic carbocycles. The van der Waals surface area contributed by atoms with Gasteiger partial charge in [0.05, 0.1) is 0 Å². The van der Waals surface area contributed by atoms with E-state index in [0.29, 0.717) is 17.0 Å². The van der Waals surface area contributed by atoms with Crippen molar-refractivity contribution in [3.63, 3.8) is 0 Å². The second kappa shape index (κ2) is 6.57. The molecule has 0 spiro atoms. The molecule has 1 aromatic carbocycles. The van der Waals surface area contributed by atoms with E-state index in [1.54, 1.807) is 6.07 Å². The fourth-order valence-corrected chi connectivity index (χ4v) is 1.76. The van der Waals surface area contributed by atoms with Gasteiger partial charge >= 0.3 is 5.97 Å². The number of benzene rings is 1. The molecule has 3 nitrogen and oxygen atoms in total. The van der Waals surface area contributed by atoms with Gasteiger partial charge < -0.3 is 10.4 Å². The van der Waals surface area contributed by atoms with Crippen LogP contribution in [0.15, 0.2) is 18.2 Å². The zero-order chi connectivity index (χ0) is 12.8. The Hall–Kier alpha value is -1.13. The zero-order valence-electron chi connectivity index (χ0n) is 9.54. The average molecular weight is 260 g/mol. The lowest BCUT2D eigenvalue weighted by Crippen LogP contribution is -2.36. The van der Waals surface area contributed by atoms with Crippen LogP contribution in [0.1, 0.15) is 25.3 Å². The first-order chi connectivity index (χ1) is 8.06. The molecule has 1 atom stereocenters. The number of rotatable bonds is 6. The lowest BCUT2D eigenvalue weighted by atomic mass is 10.1. The minimum Gasteiger partial charge on any atom is -0.480 e. The summed E-state index contributed by atoms with van der Waals surface area (Å²) in [5.41, 5.74) is 0.302. The Labute approximate surface area is 105 Å². The van der Waals surface area contributed by atoms with Crippen LogP contribution in [0.4, 0.5) is 4.39 Å². The molecule has 2 N–H and O–H groups in total. The van der Waals surface area contributed by atoms with E-state index in [-0.39, 0.29) is 6.54 Å². The smallest absolute Gasteiger partial charge is 0.320 e. The van der Waals surface area contributed by atoms with Crippen molar-refractivity contribution in [2.75, 3.05) is 0 Å². The van der Waals surface area contributed by atoms with Gasteiger partial charge in [-0.2, -0.15) is 0 Å². The van der Waals surface area contributed by atoms with Gasteiger partial charge in [0.15, 0.2) is 0 Å². The zero-order valence-corrected chi connectivity index (χ0v) is 10.3. The summed E-state index contributed by atoms with van der Waals surface area (Å²) in [6.45, 7) is 2.01. The van der Waals surface area contributed by atoms with Crippen molar-refractivity contribution in [1.82, 2.24) is 5.32 Å². The summed E-state index contributed by atoms with van der Waals surface area (Å²) in [4.78, 5) is 10.9. The van der Waals surface area contributed by atoms with Crippen molar-refractivity contribution >= 4 is 17.6 Å². The van der Waals surface area contributed by atoms with Crippen molar-refractivity contribution in [3.8, 4) is 0 Å². The molecule has 5 heteroatoms. The summed E-state index contributed by atoms with van der Waals surface area (Å²) in [6, 6.07) is 3.73. The number of carboxylic acid groups (broad SMARTS) is 1. The van der Waals surface area contributed by atoms with Crippen LogP contribution >= 0.6 is 11.6 Å². The van der Waals surface area contributed by atoms with Gasteiger partial charge in [-0.05, 0) is 18.6 Å². The largest absolute Gasteiger partial charge is 0.480 e. The Balaban J connectivity index is 2.68. The Morgan fingerprint density at radius 3 is 2.82 bits per heavy atom. The number of hydrogen-bond donors (Lipinski definition) is 2. The highest BCUT2D eigenvalue weighted by atomic mass is 35.5. The molecule has 0 heterocycles. The Bertz CT molecular complexity index is 378. The van der Waals surface area contributed by atoms with Crippen molar-refractivity contribution in [2.45, 2.75) is 32.4 Å². The number of carboxylic acids is 1. The first-order valence-electron chi connectivity index (χ1n) is 5.45. The third kappa shape index (κ3) is 3.98. The number of aliphatic carboxylic acids is 1. The third-order valence-corrected chi connectivity index (χ3v) is 2.82. The van der Waals surface area contributed by atoms with Crippen LogP contribution in [-0.2, 0) is 11.3 Å². The minimum absolute atomic E-state index is 0.114. The Kier molecular flexibility index (Phi) is 5.38. The van der Waals surface area contributed by atoms with Crippen molar-refractivity contribution in [2.24, 2.45) is 0 Å². The predicted octanol–water partition coefficient (Wildman–Crippen LogP) is 2.82. The maximum absolute atomic E-state index is 13.4. The van der Waals surface area contributed by atoms with Gasteiger partial charge in [0.1, 0.15) is 11.9 Å². The van der Waals surface area contributed by atoms with Gasteiger partial charge in [0.2, 0.25) is 0 Å². The van der Waals surface area contributed by atoms with Crippen LogP contribution in [0.3, 0.4) is 0 Å². The van der Waals surface area contributed by atoms with Crippen molar-refractivity contribution in [3.05, 3.63) is 34.6 Å². The van der Waals surface area contributed by atoms with Gasteiger partial charge in [-0.1, -0.05) is 31.0 Å². The van der Waals surface area contributed by atoms with E-state index in [1.807, 2.05) is 6.92 Å². The van der Waals surface area contributed by atoms with Crippen LogP contribution < -0.4 is 5.32 Å². The van der Waals surface area contributed by atoms with Crippen LogP contribution in [-0.4, -0.2) is 17.1 Å². The van der Waals surface area contributed by atoms with E-state index in [9.17, 15) is 9.18 Å². The first kappa shape index (κ1) is 13.9. The molecule has 0 aliphatic rings. The first-order valence-corrected chi connectivity index (χ1v) is 5.83. The monoisotopic (exact) mass is 259 g/mol. The van der Waals surface area contributed by atoms with Gasteiger partial charge in [-0.3, -0.25) is 4.79 Å². The normalized spacial score (nSPS) is 12.4. The van der Waals surface area contributed by atoms with E-state index in [2.05, 4.69) is 5.32 Å². The molecule has 1 unspecified atom stereocenters. The summed E-state index contributed by atoms with van der Waals surface area (Å²) >= 11 is 5.84. The number of halogens is 2. The van der Waals surface area contributed by atoms with Crippen LogP contribution in [0, 0.1) is 5.82 Å². The molecule has 0 aliphatic heterocycles. The third-order valence-electron chi connectivity index (χ3n) is 2.46. The van der Waals surface area contributed by atoms with Crippen molar-refractivity contribution in [1.29, 1.82) is 0 Å². The SMILES string of the molecule is CCCC(NCc1c(F)cccc1Cl)C(=O)O. The number of carbonyl (C=O) groups is 1. The molecule has 0 saturated carbocycles. The van der Waals surface area contributed by atoms with E-state index < -0.39 is 17.8 Å². The summed E-state index contributed by atoms with van der Waals surface area (Å²) < 4.78 is 13.4. The Morgan fingerprint density at radius 1 is 1.59 bits per heavy atom. The molecule has 0 radical (unpaired) electrons. The van der Waals surface area contributed by atoms with Crippen LogP contribution in [0.25, 0.3) is 0 Å². The van der Waals surface area contributed by atoms with Gasteiger partial charge in [-0.15, -0.1) is 0 Å². The topological polar surface area (TPSA) is 49.3 Å². The Morgan fingerprint density at radius 2 is 2.29 bits per heavy atom. The fourth-order valence-electron chi connectivity index (χ4n) is 1.53. The summed E-state index contributed by atoms with van der Waals surface area (Å²) in [5, 5.41) is 12.0. The summed E-state index contributed by atoms with van der Waals surface area (Å²) in [7, 11) is 0. The highest BCUT2D eigenvalue weighted by Crippen LogP contribution is 2.18. The lowest BCUT2D eigenvalue weighted by Gasteiger charge is -2.14. The van der Waals surface area contributed by atoms with E-state index in [1.165, 1.54) is 12.1 Å². The van der Waals surface area contributed by atoms with Crippen LogP contribution in [0.2, 0.25) is 5.02 Å². The quantitative estimate of drug-likeness (QED) is 0.826. The predicted molar refractivity (Wildman–Crippen MR) is 64.6 cm³/mol. The highest BCUT2D eigenvalue weighted by molar-refractivity contribution is 6.31. The molecule has 0 bridgehead atoms. The summed E-state index contributed by atoms with van der Waals surface area (Å²) in [6.07, 6.45) is 1.25. The second-order valence-electron chi connectivity index (χ2n) is 3.76. The molecular formula is C12H15ClFNO2. The molecule has 1 rings (SSSR count).